The first-order chi connectivity index (χ1) is 13.0. The Morgan fingerprint density at radius 3 is 2.36 bits per heavy atom. The van der Waals surface area contributed by atoms with Gasteiger partial charge in [-0.2, -0.15) is 0 Å². The average molecular weight is 447 g/mol. The van der Waals surface area contributed by atoms with Gasteiger partial charge in [-0.1, -0.05) is 52.9 Å². The number of ether oxygens (including phenoxy) is 1. The molecule has 3 N–H and O–H groups in total. The summed E-state index contributed by atoms with van der Waals surface area (Å²) < 4.78 is 6.19. The molecule has 1 aromatic rings. The lowest BCUT2D eigenvalue weighted by Gasteiger charge is -2.17. The number of allylic oxidation sites excluding steroid dienone is 6. The molecule has 28 heavy (non-hydrogen) atoms. The Balaban J connectivity index is 2.92. The van der Waals surface area contributed by atoms with Gasteiger partial charge in [0.2, 0.25) is 5.78 Å². The molecule has 0 spiro atoms. The van der Waals surface area contributed by atoms with Crippen molar-refractivity contribution in [1.82, 2.24) is 5.32 Å². The number of nitrogens with one attached hydrogen (secondary N) is 1. The van der Waals surface area contributed by atoms with Crippen molar-refractivity contribution in [2.45, 2.75) is 40.7 Å². The molecule has 1 unspecified atom stereocenters. The molecule has 1 rings (SSSR count). The molecule has 150 valence electrons. The molecule has 0 saturated heterocycles. The summed E-state index contributed by atoms with van der Waals surface area (Å²) in [7, 11) is 0. The van der Waals surface area contributed by atoms with Gasteiger partial charge in [0, 0.05) is 10.2 Å². The van der Waals surface area contributed by atoms with E-state index >= 15 is 0 Å². The van der Waals surface area contributed by atoms with Crippen molar-refractivity contribution in [3.8, 4) is 0 Å². The fraction of sp³-hybridized carbons (Fsp3) is 0.273. The van der Waals surface area contributed by atoms with Crippen LogP contribution >= 0.6 is 15.9 Å². The minimum atomic E-state index is -0.740. The Kier molecular flexibility index (Phi) is 8.92. The number of nitrogens with two attached hydrogens (primary N) is 1. The highest BCUT2D eigenvalue weighted by Crippen LogP contribution is 2.21. The Bertz CT molecular complexity index is 862. The summed E-state index contributed by atoms with van der Waals surface area (Å²) in [4.78, 5) is 25.0. The first kappa shape index (κ1) is 23.4. The number of benzene rings is 1. The van der Waals surface area contributed by atoms with Crippen LogP contribution in [0.2, 0.25) is 0 Å². The van der Waals surface area contributed by atoms with Gasteiger partial charge in [-0.05, 0) is 63.0 Å². The van der Waals surface area contributed by atoms with Crippen LogP contribution in [-0.2, 0) is 9.53 Å². The van der Waals surface area contributed by atoms with Crippen molar-refractivity contribution in [2.24, 2.45) is 5.73 Å². The van der Waals surface area contributed by atoms with E-state index in [0.29, 0.717) is 5.57 Å². The molecule has 1 atom stereocenters. The number of hydrogen-bond acceptors (Lipinski definition) is 4. The minimum absolute atomic E-state index is 0.00409. The lowest BCUT2D eigenvalue weighted by molar-refractivity contribution is -0.112. The van der Waals surface area contributed by atoms with E-state index in [2.05, 4.69) is 27.8 Å². The van der Waals surface area contributed by atoms with Gasteiger partial charge in [0.05, 0.1) is 0 Å². The van der Waals surface area contributed by atoms with Gasteiger partial charge >= 0.3 is 6.09 Å². The van der Waals surface area contributed by atoms with Crippen LogP contribution in [0.3, 0.4) is 0 Å². The van der Waals surface area contributed by atoms with E-state index in [-0.39, 0.29) is 11.4 Å². The summed E-state index contributed by atoms with van der Waals surface area (Å²) in [6.45, 7) is 12.6. The largest absolute Gasteiger partial charge is 0.441 e. The molecule has 0 saturated carbocycles. The SMILES string of the molecule is C=C(C)/C(Br)=C\C=C(/C)C(=O)/C(NC(=O)OC(C)c1ccccc1C)=C(/C)N. The normalized spacial score (nSPS) is 14.1. The van der Waals surface area contributed by atoms with Crippen LogP contribution < -0.4 is 11.1 Å². The van der Waals surface area contributed by atoms with Crippen molar-refractivity contribution in [1.29, 1.82) is 0 Å². The van der Waals surface area contributed by atoms with Gasteiger partial charge in [0.15, 0.2) is 0 Å². The van der Waals surface area contributed by atoms with E-state index in [1.807, 2.05) is 38.1 Å². The second-order valence-corrected chi connectivity index (χ2v) is 7.42. The van der Waals surface area contributed by atoms with Crippen LogP contribution in [0.15, 0.2) is 70.0 Å². The zero-order valence-electron chi connectivity index (χ0n) is 16.9. The van der Waals surface area contributed by atoms with Crippen molar-refractivity contribution in [2.75, 3.05) is 0 Å². The number of amides is 1. The zero-order valence-corrected chi connectivity index (χ0v) is 18.5. The summed E-state index contributed by atoms with van der Waals surface area (Å²) in [5.74, 6) is -0.390. The standard InChI is InChI=1S/C22H27BrN2O3/c1-13(2)19(23)12-11-15(4)21(26)20(16(5)24)25-22(27)28-17(6)18-10-8-7-9-14(18)3/h7-12,17H,1,24H2,2-6H3,(H,25,27)/b15-11+,19-12+,20-16+. The number of alkyl carbamates (subject to hydrolysis) is 1. The molecule has 6 heteroatoms. The molecule has 0 aliphatic heterocycles. The molecule has 0 bridgehead atoms. The van der Waals surface area contributed by atoms with Gasteiger partial charge in [0.25, 0.3) is 0 Å². The highest BCUT2D eigenvalue weighted by molar-refractivity contribution is 9.12. The average Bonchev–Trinajstić information content (AvgIpc) is 2.63. The number of carbonyl (C=O) groups is 2. The van der Waals surface area contributed by atoms with Crippen LogP contribution in [0.1, 0.15) is 44.9 Å². The fourth-order valence-corrected chi connectivity index (χ4v) is 2.48. The van der Waals surface area contributed by atoms with Crippen molar-refractivity contribution in [3.63, 3.8) is 0 Å². The summed E-state index contributed by atoms with van der Waals surface area (Å²) in [6, 6.07) is 7.63. The predicted octanol–water partition coefficient (Wildman–Crippen LogP) is 5.34. The Morgan fingerprint density at radius 2 is 1.82 bits per heavy atom. The number of Topliss-reactive ketones (excluding diaryl/α,β-unsaturated/α-hetero) is 1. The van der Waals surface area contributed by atoms with Gasteiger partial charge in [-0.3, -0.25) is 10.1 Å². The van der Waals surface area contributed by atoms with Crippen molar-refractivity contribution < 1.29 is 14.3 Å². The molecule has 0 aromatic heterocycles. The number of rotatable bonds is 7. The molecular weight excluding hydrogens is 420 g/mol. The molecule has 1 aromatic carbocycles. The molecule has 0 aliphatic rings. The molecular formula is C22H27BrN2O3. The van der Waals surface area contributed by atoms with Crippen LogP contribution in [0.5, 0.6) is 0 Å². The minimum Gasteiger partial charge on any atom is -0.441 e. The quantitative estimate of drug-likeness (QED) is 0.437. The Labute approximate surface area is 175 Å². The van der Waals surface area contributed by atoms with E-state index in [0.717, 1.165) is 21.2 Å². The Hall–Kier alpha value is -2.60. The maximum absolute atomic E-state index is 12.7. The fourth-order valence-electron chi connectivity index (χ4n) is 2.35. The van der Waals surface area contributed by atoms with Crippen LogP contribution in [0, 0.1) is 6.92 Å². The van der Waals surface area contributed by atoms with E-state index in [4.69, 9.17) is 10.5 Å². The number of carbonyl (C=O) groups excluding carboxylic acids is 2. The van der Waals surface area contributed by atoms with Gasteiger partial charge in [0.1, 0.15) is 11.8 Å². The van der Waals surface area contributed by atoms with Crippen molar-refractivity contribution >= 4 is 27.8 Å². The monoisotopic (exact) mass is 446 g/mol. The summed E-state index contributed by atoms with van der Waals surface area (Å²) in [6.07, 6.45) is 2.14. The lowest BCUT2D eigenvalue weighted by Crippen LogP contribution is -2.31. The van der Waals surface area contributed by atoms with Gasteiger partial charge in [-0.15, -0.1) is 0 Å². The first-order valence-corrected chi connectivity index (χ1v) is 9.58. The maximum Gasteiger partial charge on any atom is 0.412 e. The topological polar surface area (TPSA) is 81.4 Å². The molecule has 0 aliphatic carbocycles. The molecule has 0 fully saturated rings. The molecule has 5 nitrogen and oxygen atoms in total. The predicted molar refractivity (Wildman–Crippen MR) is 117 cm³/mol. The van der Waals surface area contributed by atoms with E-state index < -0.39 is 18.0 Å². The number of aryl methyl sites for hydroxylation is 1. The van der Waals surface area contributed by atoms with E-state index in [1.54, 1.807) is 32.9 Å². The second kappa shape index (κ2) is 10.7. The number of halogens is 1. The van der Waals surface area contributed by atoms with Crippen LogP contribution in [0.25, 0.3) is 0 Å². The lowest BCUT2D eigenvalue weighted by atomic mass is 10.0. The highest BCUT2D eigenvalue weighted by atomic mass is 79.9. The highest BCUT2D eigenvalue weighted by Gasteiger charge is 2.20. The maximum atomic E-state index is 12.7. The summed E-state index contributed by atoms with van der Waals surface area (Å²) in [5, 5.41) is 2.48. The molecule has 0 heterocycles. The van der Waals surface area contributed by atoms with Gasteiger partial charge < -0.3 is 10.5 Å². The summed E-state index contributed by atoms with van der Waals surface area (Å²) in [5.41, 5.74) is 9.15. The van der Waals surface area contributed by atoms with Crippen molar-refractivity contribution in [3.05, 3.63) is 81.1 Å². The molecule has 0 radical (unpaired) electrons. The third-order valence-corrected chi connectivity index (χ3v) is 4.95. The Morgan fingerprint density at radius 1 is 1.21 bits per heavy atom. The second-order valence-electron chi connectivity index (χ2n) is 6.56. The first-order valence-electron chi connectivity index (χ1n) is 8.78. The molecule has 1 amide bonds. The third-order valence-electron chi connectivity index (χ3n) is 4.00. The third kappa shape index (κ3) is 6.85. The zero-order chi connectivity index (χ0) is 21.4. The summed E-state index contributed by atoms with van der Waals surface area (Å²) >= 11 is 3.36. The number of ketones is 1. The smallest absolute Gasteiger partial charge is 0.412 e. The van der Waals surface area contributed by atoms with Crippen LogP contribution in [0.4, 0.5) is 4.79 Å². The van der Waals surface area contributed by atoms with E-state index in [1.165, 1.54) is 0 Å². The van der Waals surface area contributed by atoms with Gasteiger partial charge in [-0.25, -0.2) is 4.79 Å². The van der Waals surface area contributed by atoms with E-state index in [9.17, 15) is 9.59 Å². The number of hydrogen-bond donors (Lipinski definition) is 2. The van der Waals surface area contributed by atoms with Crippen LogP contribution in [-0.4, -0.2) is 11.9 Å².